The van der Waals surface area contributed by atoms with Crippen LogP contribution in [-0.4, -0.2) is 38.3 Å². The first-order valence-corrected chi connectivity index (χ1v) is 10.3. The molecule has 0 bridgehead atoms. The average molecular weight is 423 g/mol. The molecule has 0 atom stereocenters. The fourth-order valence-electron chi connectivity index (χ4n) is 3.42. The summed E-state index contributed by atoms with van der Waals surface area (Å²) in [5.74, 6) is 0.374. The molecular formula is C22H21N3O4S. The Morgan fingerprint density at radius 2 is 1.77 bits per heavy atom. The van der Waals surface area contributed by atoms with Gasteiger partial charge >= 0.3 is 5.69 Å². The van der Waals surface area contributed by atoms with Crippen LogP contribution in [0.5, 0.6) is 5.75 Å². The lowest BCUT2D eigenvalue weighted by Gasteiger charge is -2.13. The highest BCUT2D eigenvalue weighted by atomic mass is 32.2. The molecule has 0 aliphatic carbocycles. The van der Waals surface area contributed by atoms with Crippen LogP contribution < -0.4 is 10.4 Å². The molecule has 4 rings (SSSR count). The molecule has 0 radical (unpaired) electrons. The van der Waals surface area contributed by atoms with Gasteiger partial charge in [-0.3, -0.25) is 23.6 Å². The maximum absolute atomic E-state index is 12.7. The Balaban J connectivity index is 1.49. The van der Waals surface area contributed by atoms with Crippen LogP contribution in [0.15, 0.2) is 52.2 Å². The summed E-state index contributed by atoms with van der Waals surface area (Å²) in [6.45, 7) is 2.38. The van der Waals surface area contributed by atoms with Gasteiger partial charge in [-0.05, 0) is 60.2 Å². The second-order valence-corrected chi connectivity index (χ2v) is 8.14. The van der Waals surface area contributed by atoms with E-state index in [9.17, 15) is 14.4 Å². The smallest absolute Gasteiger partial charge is 0.328 e. The monoisotopic (exact) mass is 423 g/mol. The number of carbonyl (C=O) groups is 2. The molecule has 8 heteroatoms. The second kappa shape index (κ2) is 7.87. The van der Waals surface area contributed by atoms with Crippen molar-refractivity contribution in [3.8, 4) is 5.75 Å². The Kier molecular flexibility index (Phi) is 5.26. The van der Waals surface area contributed by atoms with Crippen LogP contribution >= 0.6 is 11.8 Å². The van der Waals surface area contributed by atoms with E-state index >= 15 is 0 Å². The van der Waals surface area contributed by atoms with Crippen LogP contribution in [0.4, 0.5) is 4.79 Å². The van der Waals surface area contributed by atoms with E-state index in [1.165, 1.54) is 4.90 Å². The summed E-state index contributed by atoms with van der Waals surface area (Å²) < 4.78 is 8.79. The Labute approximate surface area is 177 Å². The zero-order valence-corrected chi connectivity index (χ0v) is 17.7. The van der Waals surface area contributed by atoms with Crippen molar-refractivity contribution in [3.05, 3.63) is 69.0 Å². The SMILES string of the molecule is Cc1cccc(OCCN2C(=O)S/C(=C\c3ccc4c(c3)n(C)c(=O)n4C)C2=O)c1. The Bertz CT molecular complexity index is 1250. The molecule has 0 saturated carbocycles. The number of hydrogen-bond acceptors (Lipinski definition) is 5. The summed E-state index contributed by atoms with van der Waals surface area (Å²) in [6, 6.07) is 13.1. The molecule has 0 N–H and O–H groups in total. The highest BCUT2D eigenvalue weighted by Crippen LogP contribution is 2.32. The van der Waals surface area contributed by atoms with Gasteiger partial charge in [-0.25, -0.2) is 4.79 Å². The number of carbonyl (C=O) groups excluding carboxylic acids is 2. The lowest BCUT2D eigenvalue weighted by Crippen LogP contribution is -2.32. The summed E-state index contributed by atoms with van der Waals surface area (Å²) in [5, 5.41) is -0.313. The number of imidazole rings is 1. The predicted octanol–water partition coefficient (Wildman–Crippen LogP) is 3.30. The number of amides is 2. The number of hydrogen-bond donors (Lipinski definition) is 0. The van der Waals surface area contributed by atoms with Gasteiger partial charge in [-0.2, -0.15) is 0 Å². The molecule has 1 fully saturated rings. The van der Waals surface area contributed by atoms with Crippen molar-refractivity contribution in [1.29, 1.82) is 0 Å². The summed E-state index contributed by atoms with van der Waals surface area (Å²) in [6.07, 6.45) is 1.68. The first-order chi connectivity index (χ1) is 14.3. The summed E-state index contributed by atoms with van der Waals surface area (Å²) >= 11 is 0.913. The number of thioether (sulfide) groups is 1. The quantitative estimate of drug-likeness (QED) is 0.589. The molecule has 0 unspecified atom stereocenters. The minimum Gasteiger partial charge on any atom is -0.492 e. The molecule has 1 saturated heterocycles. The maximum atomic E-state index is 12.7. The molecule has 154 valence electrons. The number of imide groups is 1. The third-order valence-corrected chi connectivity index (χ3v) is 5.95. The molecule has 2 heterocycles. The average Bonchev–Trinajstić information content (AvgIpc) is 3.10. The number of rotatable bonds is 5. The van der Waals surface area contributed by atoms with Crippen LogP contribution in [0.25, 0.3) is 17.1 Å². The zero-order chi connectivity index (χ0) is 21.4. The van der Waals surface area contributed by atoms with Crippen molar-refractivity contribution in [3.63, 3.8) is 0 Å². The molecule has 2 aromatic carbocycles. The van der Waals surface area contributed by atoms with E-state index in [0.29, 0.717) is 10.7 Å². The van der Waals surface area contributed by atoms with E-state index in [4.69, 9.17) is 4.74 Å². The van der Waals surface area contributed by atoms with Gasteiger partial charge < -0.3 is 4.74 Å². The zero-order valence-electron chi connectivity index (χ0n) is 16.9. The van der Waals surface area contributed by atoms with Crippen LogP contribution in [0.1, 0.15) is 11.1 Å². The topological polar surface area (TPSA) is 73.5 Å². The van der Waals surface area contributed by atoms with Crippen molar-refractivity contribution in [1.82, 2.24) is 14.0 Å². The minimum atomic E-state index is -0.333. The van der Waals surface area contributed by atoms with Gasteiger partial charge in [0.05, 0.1) is 22.5 Å². The van der Waals surface area contributed by atoms with Gasteiger partial charge in [0.25, 0.3) is 11.1 Å². The van der Waals surface area contributed by atoms with Gasteiger partial charge in [0.1, 0.15) is 12.4 Å². The Hall–Kier alpha value is -3.26. The number of fused-ring (bicyclic) bond motifs is 1. The van der Waals surface area contributed by atoms with Gasteiger partial charge in [0.15, 0.2) is 0 Å². The fraction of sp³-hybridized carbons (Fsp3) is 0.227. The highest BCUT2D eigenvalue weighted by molar-refractivity contribution is 8.18. The fourth-order valence-corrected chi connectivity index (χ4v) is 4.28. The molecule has 3 aromatic rings. The summed E-state index contributed by atoms with van der Waals surface area (Å²) in [5.41, 5.74) is 3.29. The van der Waals surface area contributed by atoms with E-state index in [-0.39, 0.29) is 30.0 Å². The van der Waals surface area contributed by atoms with E-state index in [2.05, 4.69) is 0 Å². The standard InChI is InChI=1S/C22H21N3O4S/c1-14-5-4-6-16(11-14)29-10-9-25-20(26)19(30-22(25)28)13-15-7-8-17-18(12-15)24(3)21(27)23(17)2/h4-8,11-13H,9-10H2,1-3H3/b19-13-. The Morgan fingerprint density at radius 1 is 1.00 bits per heavy atom. The highest BCUT2D eigenvalue weighted by Gasteiger charge is 2.34. The summed E-state index contributed by atoms with van der Waals surface area (Å²) in [7, 11) is 3.42. The lowest BCUT2D eigenvalue weighted by molar-refractivity contribution is -0.123. The number of aromatic nitrogens is 2. The van der Waals surface area contributed by atoms with E-state index in [0.717, 1.165) is 33.9 Å². The van der Waals surface area contributed by atoms with Gasteiger partial charge in [0.2, 0.25) is 0 Å². The molecule has 1 aliphatic rings. The van der Waals surface area contributed by atoms with Crippen LogP contribution in [-0.2, 0) is 18.9 Å². The third kappa shape index (κ3) is 3.66. The first kappa shape index (κ1) is 20.0. The molecule has 0 spiro atoms. The first-order valence-electron chi connectivity index (χ1n) is 9.45. The molecule has 30 heavy (non-hydrogen) atoms. The molecular weight excluding hydrogens is 402 g/mol. The van der Waals surface area contributed by atoms with Gasteiger partial charge in [-0.1, -0.05) is 18.2 Å². The second-order valence-electron chi connectivity index (χ2n) is 7.15. The molecule has 7 nitrogen and oxygen atoms in total. The lowest BCUT2D eigenvalue weighted by atomic mass is 10.2. The number of ether oxygens (including phenoxy) is 1. The number of aryl methyl sites for hydroxylation is 3. The van der Waals surface area contributed by atoms with Crippen molar-refractivity contribution >= 4 is 40.0 Å². The molecule has 2 amide bonds. The largest absolute Gasteiger partial charge is 0.492 e. The van der Waals surface area contributed by atoms with Crippen LogP contribution in [0, 0.1) is 6.92 Å². The maximum Gasteiger partial charge on any atom is 0.328 e. The Morgan fingerprint density at radius 3 is 2.53 bits per heavy atom. The van der Waals surface area contributed by atoms with Crippen LogP contribution in [0.3, 0.4) is 0 Å². The van der Waals surface area contributed by atoms with Gasteiger partial charge in [0, 0.05) is 14.1 Å². The van der Waals surface area contributed by atoms with E-state index < -0.39 is 0 Å². The summed E-state index contributed by atoms with van der Waals surface area (Å²) in [4.78, 5) is 38.7. The van der Waals surface area contributed by atoms with Crippen molar-refractivity contribution < 1.29 is 14.3 Å². The molecule has 1 aromatic heterocycles. The normalized spacial score (nSPS) is 15.6. The van der Waals surface area contributed by atoms with E-state index in [1.54, 1.807) is 29.3 Å². The predicted molar refractivity (Wildman–Crippen MR) is 118 cm³/mol. The van der Waals surface area contributed by atoms with Crippen molar-refractivity contribution in [2.75, 3.05) is 13.2 Å². The minimum absolute atomic E-state index is 0.115. The molecule has 1 aliphatic heterocycles. The number of benzene rings is 2. The van der Waals surface area contributed by atoms with Crippen LogP contribution in [0.2, 0.25) is 0 Å². The third-order valence-electron chi connectivity index (χ3n) is 5.04. The van der Waals surface area contributed by atoms with E-state index in [1.807, 2.05) is 49.4 Å². The van der Waals surface area contributed by atoms with Crippen molar-refractivity contribution in [2.24, 2.45) is 14.1 Å². The van der Waals surface area contributed by atoms with Gasteiger partial charge in [-0.15, -0.1) is 0 Å². The van der Waals surface area contributed by atoms with Crippen molar-refractivity contribution in [2.45, 2.75) is 6.92 Å². The number of nitrogens with zero attached hydrogens (tertiary/aromatic N) is 3.